The topological polar surface area (TPSA) is 87.9 Å². The number of rotatable bonds is 8. The zero-order valence-corrected chi connectivity index (χ0v) is 13.3. The van der Waals surface area contributed by atoms with Crippen LogP contribution < -0.4 is 9.47 Å². The van der Waals surface area contributed by atoms with Crippen molar-refractivity contribution in [2.45, 2.75) is 13.8 Å². The van der Waals surface area contributed by atoms with E-state index in [1.54, 1.807) is 25.1 Å². The average molecular weight is 321 g/mol. The third-order valence-electron chi connectivity index (χ3n) is 2.77. The summed E-state index contributed by atoms with van der Waals surface area (Å²) in [7, 11) is 1.47. The number of methoxy groups -OCH3 is 1. The number of ether oxygens (including phenoxy) is 3. The molecule has 0 atom stereocenters. The van der Waals surface area contributed by atoms with Crippen LogP contribution in [0.3, 0.4) is 0 Å². The molecular formula is C16H19NO6. The average Bonchev–Trinajstić information content (AvgIpc) is 2.51. The maximum Gasteiger partial charge on any atom is 0.333 e. The highest BCUT2D eigenvalue weighted by atomic mass is 16.6. The van der Waals surface area contributed by atoms with Crippen LogP contribution in [0.4, 0.5) is 0 Å². The van der Waals surface area contributed by atoms with Crippen molar-refractivity contribution in [3.05, 3.63) is 51.7 Å². The third kappa shape index (κ3) is 5.82. The van der Waals surface area contributed by atoms with Crippen LogP contribution in [0.2, 0.25) is 0 Å². The molecule has 23 heavy (non-hydrogen) atoms. The van der Waals surface area contributed by atoms with E-state index in [-0.39, 0.29) is 18.9 Å². The van der Waals surface area contributed by atoms with Gasteiger partial charge in [-0.15, -0.1) is 0 Å². The monoisotopic (exact) mass is 321 g/mol. The molecule has 0 heterocycles. The van der Waals surface area contributed by atoms with Gasteiger partial charge < -0.3 is 14.2 Å². The van der Waals surface area contributed by atoms with Crippen LogP contribution in [0.15, 0.2) is 36.0 Å². The zero-order valence-electron chi connectivity index (χ0n) is 13.3. The van der Waals surface area contributed by atoms with Crippen LogP contribution in [-0.2, 0) is 9.53 Å². The maximum atomic E-state index is 11.2. The van der Waals surface area contributed by atoms with Crippen LogP contribution in [0, 0.1) is 10.1 Å². The number of hydrogen-bond acceptors (Lipinski definition) is 6. The molecule has 0 fully saturated rings. The first-order chi connectivity index (χ1) is 10.8. The highest BCUT2D eigenvalue weighted by molar-refractivity contribution is 5.86. The first-order valence-corrected chi connectivity index (χ1v) is 6.81. The fraction of sp³-hybridized carbons (Fsp3) is 0.312. The van der Waals surface area contributed by atoms with Crippen LogP contribution in [0.25, 0.3) is 6.08 Å². The quantitative estimate of drug-likeness (QED) is 0.240. The van der Waals surface area contributed by atoms with E-state index in [9.17, 15) is 14.9 Å². The van der Waals surface area contributed by atoms with Gasteiger partial charge in [-0.2, -0.15) is 0 Å². The summed E-state index contributed by atoms with van der Waals surface area (Å²) in [6, 6.07) is 4.94. The van der Waals surface area contributed by atoms with Gasteiger partial charge in [0.15, 0.2) is 11.5 Å². The first-order valence-electron chi connectivity index (χ1n) is 6.81. The molecule has 0 aliphatic carbocycles. The molecule has 7 nitrogen and oxygen atoms in total. The number of carbonyl (C=O) groups is 1. The maximum absolute atomic E-state index is 11.2. The molecule has 0 unspecified atom stereocenters. The molecular weight excluding hydrogens is 302 g/mol. The van der Waals surface area contributed by atoms with Gasteiger partial charge in [0.05, 0.1) is 12.0 Å². The number of nitrogens with zero attached hydrogens (tertiary/aromatic N) is 1. The van der Waals surface area contributed by atoms with Crippen molar-refractivity contribution in [2.75, 3.05) is 20.3 Å². The molecule has 0 radical (unpaired) electrons. The fourth-order valence-corrected chi connectivity index (χ4v) is 1.60. The Kier molecular flexibility index (Phi) is 6.79. The van der Waals surface area contributed by atoms with Crippen molar-refractivity contribution >= 4 is 12.0 Å². The second kappa shape index (κ2) is 8.57. The van der Waals surface area contributed by atoms with E-state index in [0.29, 0.717) is 22.6 Å². The van der Waals surface area contributed by atoms with Crippen LogP contribution >= 0.6 is 0 Å². The summed E-state index contributed by atoms with van der Waals surface area (Å²) < 4.78 is 15.6. The Morgan fingerprint density at radius 2 is 2.00 bits per heavy atom. The Bertz CT molecular complexity index is 635. The summed E-state index contributed by atoms with van der Waals surface area (Å²) in [6.45, 7) is 6.68. The van der Waals surface area contributed by atoms with Gasteiger partial charge in [-0.1, -0.05) is 12.6 Å². The van der Waals surface area contributed by atoms with Crippen molar-refractivity contribution in [2.24, 2.45) is 0 Å². The van der Waals surface area contributed by atoms with Crippen molar-refractivity contribution in [3.63, 3.8) is 0 Å². The molecule has 1 aromatic carbocycles. The van der Waals surface area contributed by atoms with E-state index in [2.05, 4.69) is 6.58 Å². The van der Waals surface area contributed by atoms with Gasteiger partial charge in [0, 0.05) is 18.6 Å². The van der Waals surface area contributed by atoms with Crippen LogP contribution in [-0.4, -0.2) is 31.2 Å². The fourth-order valence-electron chi connectivity index (χ4n) is 1.60. The third-order valence-corrected chi connectivity index (χ3v) is 2.77. The molecule has 0 aliphatic rings. The van der Waals surface area contributed by atoms with E-state index in [0.717, 1.165) is 0 Å². The van der Waals surface area contributed by atoms with Gasteiger partial charge in [-0.05, 0) is 24.6 Å². The second-order valence-corrected chi connectivity index (χ2v) is 4.72. The molecule has 1 rings (SSSR count). The predicted octanol–water partition coefficient (Wildman–Crippen LogP) is 2.83. The summed E-state index contributed by atoms with van der Waals surface area (Å²) in [4.78, 5) is 21.4. The number of esters is 1. The minimum absolute atomic E-state index is 0.0208. The number of allylic oxidation sites excluding steroid dienone is 1. The molecule has 1 aromatic rings. The summed E-state index contributed by atoms with van der Waals surface area (Å²) in [5.74, 6) is 0.409. The normalized spacial score (nSPS) is 10.8. The van der Waals surface area contributed by atoms with Crippen LogP contribution in [0.5, 0.6) is 11.5 Å². The highest BCUT2D eigenvalue weighted by Gasteiger charge is 2.08. The van der Waals surface area contributed by atoms with Crippen LogP contribution in [0.1, 0.15) is 19.4 Å². The van der Waals surface area contributed by atoms with E-state index >= 15 is 0 Å². The standard InChI is InChI=1S/C16H19NO6/c1-11(2)16(18)23-8-7-22-14-6-5-13(10-15(14)21-4)9-12(3)17(19)20/h5-6,9-10H,1,7-8H2,2-4H3/b12-9-. The smallest absolute Gasteiger partial charge is 0.333 e. The van der Waals surface area contributed by atoms with E-state index in [4.69, 9.17) is 14.2 Å². The molecule has 0 aromatic heterocycles. The molecule has 0 N–H and O–H groups in total. The summed E-state index contributed by atoms with van der Waals surface area (Å²) in [6.07, 6.45) is 1.43. The Labute approximate surface area is 134 Å². The van der Waals surface area contributed by atoms with Crippen molar-refractivity contribution in [1.29, 1.82) is 0 Å². The van der Waals surface area contributed by atoms with E-state index in [1.165, 1.54) is 20.1 Å². The minimum Gasteiger partial charge on any atom is -0.493 e. The van der Waals surface area contributed by atoms with Gasteiger partial charge in [-0.3, -0.25) is 10.1 Å². The summed E-state index contributed by atoms with van der Waals surface area (Å²) in [5.41, 5.74) is 0.962. The minimum atomic E-state index is -0.476. The Hall–Kier alpha value is -2.83. The van der Waals surface area contributed by atoms with Crippen molar-refractivity contribution in [1.82, 2.24) is 0 Å². The molecule has 0 saturated heterocycles. The Morgan fingerprint density at radius 1 is 1.30 bits per heavy atom. The van der Waals surface area contributed by atoms with Gasteiger partial charge >= 0.3 is 5.97 Å². The number of carbonyl (C=O) groups excluding carboxylic acids is 1. The lowest BCUT2D eigenvalue weighted by Crippen LogP contribution is -2.12. The molecule has 0 aliphatic heterocycles. The summed E-state index contributed by atoms with van der Waals surface area (Å²) >= 11 is 0. The molecule has 7 heteroatoms. The van der Waals surface area contributed by atoms with Gasteiger partial charge in [0.1, 0.15) is 13.2 Å². The van der Waals surface area contributed by atoms with Gasteiger partial charge in [0.25, 0.3) is 0 Å². The van der Waals surface area contributed by atoms with Crippen molar-refractivity contribution < 1.29 is 23.9 Å². The Balaban J connectivity index is 2.70. The predicted molar refractivity (Wildman–Crippen MR) is 84.9 cm³/mol. The zero-order chi connectivity index (χ0) is 17.4. The van der Waals surface area contributed by atoms with Gasteiger partial charge in [0.2, 0.25) is 5.70 Å². The first kappa shape index (κ1) is 18.2. The SMILES string of the molecule is C=C(C)C(=O)OCCOc1ccc(/C=C(/C)[N+](=O)[O-])cc1OC. The molecule has 0 amide bonds. The summed E-state index contributed by atoms with van der Waals surface area (Å²) in [5, 5.41) is 10.6. The second-order valence-electron chi connectivity index (χ2n) is 4.72. The lowest BCUT2D eigenvalue weighted by molar-refractivity contribution is -0.422. The van der Waals surface area contributed by atoms with E-state index in [1.807, 2.05) is 0 Å². The van der Waals surface area contributed by atoms with E-state index < -0.39 is 10.9 Å². The number of hydrogen-bond donors (Lipinski definition) is 0. The molecule has 0 saturated carbocycles. The lowest BCUT2D eigenvalue weighted by atomic mass is 10.1. The largest absolute Gasteiger partial charge is 0.493 e. The molecule has 0 bridgehead atoms. The highest BCUT2D eigenvalue weighted by Crippen LogP contribution is 2.28. The molecule has 0 spiro atoms. The Morgan fingerprint density at radius 3 is 2.57 bits per heavy atom. The van der Waals surface area contributed by atoms with Crippen molar-refractivity contribution in [3.8, 4) is 11.5 Å². The number of benzene rings is 1. The lowest BCUT2D eigenvalue weighted by Gasteiger charge is -2.11. The molecule has 124 valence electrons. The van der Waals surface area contributed by atoms with Gasteiger partial charge in [-0.25, -0.2) is 4.79 Å². The number of nitro groups is 1.